The van der Waals surface area contributed by atoms with Crippen molar-refractivity contribution in [3.63, 3.8) is 0 Å². The summed E-state index contributed by atoms with van der Waals surface area (Å²) < 4.78 is 97.0. The molecule has 3 fully saturated rings. The number of aromatic nitrogens is 1. The van der Waals surface area contributed by atoms with Crippen molar-refractivity contribution in [2.45, 2.75) is 144 Å². The Balaban J connectivity index is 1.10. The number of likely N-dealkylation sites (tertiary alicyclic amines) is 1. The van der Waals surface area contributed by atoms with Crippen LogP contribution < -0.4 is 24.8 Å². The minimum atomic E-state index is -4.96. The van der Waals surface area contributed by atoms with Gasteiger partial charge in [-0.25, -0.2) is 18.2 Å². The number of fused-ring (bicyclic) bond motifs is 5. The van der Waals surface area contributed by atoms with Gasteiger partial charge in [-0.15, -0.1) is 0 Å². The predicted octanol–water partition coefficient (Wildman–Crippen LogP) is 6.11. The third-order valence-electron chi connectivity index (χ3n) is 14.5. The van der Waals surface area contributed by atoms with Crippen molar-refractivity contribution in [2.75, 3.05) is 46.5 Å². The van der Waals surface area contributed by atoms with E-state index in [1.165, 1.54) is 24.0 Å². The molecule has 4 aliphatic heterocycles. The lowest BCUT2D eigenvalue weighted by Crippen LogP contribution is -2.67. The van der Waals surface area contributed by atoms with Crippen LogP contribution in [0.4, 0.5) is 18.0 Å². The molecule has 0 bridgehead atoms. The summed E-state index contributed by atoms with van der Waals surface area (Å²) in [6, 6.07) is 2.07. The Bertz CT molecular complexity index is 2460. The second-order valence-electron chi connectivity index (χ2n) is 20.4. The van der Waals surface area contributed by atoms with E-state index in [0.717, 1.165) is 25.9 Å². The molecule has 378 valence electrons. The van der Waals surface area contributed by atoms with Gasteiger partial charge in [0, 0.05) is 42.8 Å². The van der Waals surface area contributed by atoms with Crippen molar-refractivity contribution in [1.82, 2.24) is 30.1 Å². The van der Waals surface area contributed by atoms with Gasteiger partial charge in [0.05, 0.1) is 42.7 Å². The largest absolute Gasteiger partial charge is 0.493 e. The summed E-state index contributed by atoms with van der Waals surface area (Å²) in [6.45, 7) is 7.73. The van der Waals surface area contributed by atoms with Crippen LogP contribution in [0.2, 0.25) is 0 Å². The summed E-state index contributed by atoms with van der Waals surface area (Å²) >= 11 is 0. The average Bonchev–Trinajstić information content (AvgIpc) is 3.96. The molecule has 1 saturated carbocycles. The molecule has 8 rings (SSSR count). The Morgan fingerprint density at radius 2 is 1.81 bits per heavy atom. The standard InChI is InChI=1S/C49H65F3N6O10S/c1-31(2)29-67-45(62)54-38-12-9-7-5-6-8-11-32-15-20-48(32,44(61)56-69(63,64)46(3)21-22-46)55-42(59)39-28-47(30-58(39)43(38)60)19-16-35-36-27-34(66-26-10-25-65-33-17-23-57(4)24-18-33)13-14-37(36)53-41(40(35)68-47)49(50,51)52/h8,11,13-15,20,27,31-33,38-39H,5-7,9-10,12,16-19,21-26,28-30H2,1-4H3,(H,54,62)(H,55,59)(H,56,61). The molecular formula is C49H65F3N6O10S. The van der Waals surface area contributed by atoms with Crippen LogP contribution in [-0.2, 0) is 46.5 Å². The molecule has 5 heterocycles. The number of piperidine rings is 1. The van der Waals surface area contributed by atoms with Gasteiger partial charge in [-0.1, -0.05) is 51.0 Å². The number of nitrogens with zero attached hydrogens (tertiary/aromatic N) is 3. The highest BCUT2D eigenvalue weighted by Crippen LogP contribution is 2.49. The molecule has 1 spiro atoms. The highest BCUT2D eigenvalue weighted by atomic mass is 32.2. The summed E-state index contributed by atoms with van der Waals surface area (Å²) in [5, 5.41) is 5.88. The molecule has 2 saturated heterocycles. The number of ether oxygens (including phenoxy) is 4. The van der Waals surface area contributed by atoms with Crippen molar-refractivity contribution in [3.05, 3.63) is 53.8 Å². The van der Waals surface area contributed by atoms with Crippen molar-refractivity contribution < 1.29 is 59.7 Å². The highest BCUT2D eigenvalue weighted by molar-refractivity contribution is 7.91. The van der Waals surface area contributed by atoms with Gasteiger partial charge in [0.25, 0.3) is 5.91 Å². The number of nitrogens with one attached hydrogen (secondary N) is 3. The number of alkyl halides is 3. The molecule has 1 aromatic heterocycles. The number of alkyl carbamates (subject to hydrolysis) is 1. The molecule has 4 amide bonds. The summed E-state index contributed by atoms with van der Waals surface area (Å²) in [7, 11) is -2.07. The van der Waals surface area contributed by atoms with Crippen molar-refractivity contribution in [1.29, 1.82) is 0 Å². The Morgan fingerprint density at radius 3 is 2.51 bits per heavy atom. The van der Waals surface area contributed by atoms with Gasteiger partial charge in [0.2, 0.25) is 21.8 Å². The molecule has 5 unspecified atom stereocenters. The van der Waals surface area contributed by atoms with E-state index in [1.54, 1.807) is 24.3 Å². The summed E-state index contributed by atoms with van der Waals surface area (Å²) in [5.74, 6) is -3.39. The summed E-state index contributed by atoms with van der Waals surface area (Å²) in [5.41, 5.74) is -4.38. The number of carbonyl (C=O) groups excluding carboxylic acids is 4. The lowest BCUT2D eigenvalue weighted by atomic mass is 9.73. The molecule has 2 aliphatic carbocycles. The van der Waals surface area contributed by atoms with Crippen molar-refractivity contribution in [2.24, 2.45) is 11.8 Å². The SMILES string of the molecule is CC(C)COC(=O)NC1CCCCCC=CC2C=CC2(C(=O)NS(=O)(=O)C2(C)CC2)NC(=O)C2CC3(CCc4c(c(C(F)(F)F)nc5ccc(OCCCOC6CCN(C)CC6)cc45)O3)CN2C1=O. The fraction of sp³-hybridized carbons (Fsp3) is 0.653. The molecule has 2 aromatic rings. The molecule has 3 N–H and O–H groups in total. The second kappa shape index (κ2) is 20.0. The van der Waals surface area contributed by atoms with E-state index in [0.29, 0.717) is 69.3 Å². The van der Waals surface area contributed by atoms with Crippen LogP contribution in [0.25, 0.3) is 10.9 Å². The molecule has 0 radical (unpaired) electrons. The Labute approximate surface area is 401 Å². The van der Waals surface area contributed by atoms with E-state index in [9.17, 15) is 27.6 Å². The Kier molecular flexibility index (Phi) is 14.7. The van der Waals surface area contributed by atoms with E-state index >= 15 is 13.2 Å². The Morgan fingerprint density at radius 1 is 1.04 bits per heavy atom. The van der Waals surface area contributed by atoms with Crippen molar-refractivity contribution >= 4 is 44.7 Å². The minimum absolute atomic E-state index is 0.00696. The Hall–Kier alpha value is -4.95. The first-order chi connectivity index (χ1) is 32.7. The second-order valence-corrected chi connectivity index (χ2v) is 22.6. The fourth-order valence-corrected chi connectivity index (χ4v) is 11.2. The van der Waals surface area contributed by atoms with Crippen LogP contribution in [0.1, 0.15) is 109 Å². The van der Waals surface area contributed by atoms with E-state index in [-0.39, 0.29) is 61.9 Å². The van der Waals surface area contributed by atoms with Gasteiger partial charge in [0.1, 0.15) is 29.0 Å². The van der Waals surface area contributed by atoms with Crippen LogP contribution >= 0.6 is 0 Å². The first-order valence-electron chi connectivity index (χ1n) is 24.4. The third-order valence-corrected chi connectivity index (χ3v) is 16.6. The van der Waals surface area contributed by atoms with Crippen molar-refractivity contribution in [3.8, 4) is 11.5 Å². The van der Waals surface area contributed by atoms with Gasteiger partial charge < -0.3 is 39.4 Å². The van der Waals surface area contributed by atoms with E-state index in [1.807, 2.05) is 19.9 Å². The first kappa shape index (κ1) is 50.4. The van der Waals surface area contributed by atoms with Crippen LogP contribution in [0.5, 0.6) is 11.5 Å². The maximum Gasteiger partial charge on any atom is 0.437 e. The van der Waals surface area contributed by atoms with Crippen LogP contribution in [0.3, 0.4) is 0 Å². The maximum absolute atomic E-state index is 15.1. The number of pyridine rings is 1. The molecular weight excluding hydrogens is 922 g/mol. The van der Waals surface area contributed by atoms with Gasteiger partial charge in [0.15, 0.2) is 11.4 Å². The number of halogens is 3. The number of amides is 4. The number of allylic oxidation sites excluding steroid dienone is 1. The zero-order valence-electron chi connectivity index (χ0n) is 39.8. The third kappa shape index (κ3) is 11.0. The van der Waals surface area contributed by atoms with E-state index in [4.69, 9.17) is 18.9 Å². The molecule has 6 aliphatic rings. The number of carbonyl (C=O) groups is 4. The smallest absolute Gasteiger partial charge is 0.437 e. The number of rotatable bonds is 12. The monoisotopic (exact) mass is 986 g/mol. The topological polar surface area (TPSA) is 195 Å². The summed E-state index contributed by atoms with van der Waals surface area (Å²) in [4.78, 5) is 64.7. The van der Waals surface area contributed by atoms with Crippen LogP contribution in [0, 0.1) is 11.8 Å². The fourth-order valence-electron chi connectivity index (χ4n) is 9.87. The van der Waals surface area contributed by atoms with Crippen LogP contribution in [-0.4, -0.2) is 128 Å². The highest BCUT2D eigenvalue weighted by Gasteiger charge is 2.58. The zero-order chi connectivity index (χ0) is 49.4. The quantitative estimate of drug-likeness (QED) is 0.164. The van der Waals surface area contributed by atoms with Gasteiger partial charge in [-0.05, 0) is 95.9 Å². The zero-order valence-corrected chi connectivity index (χ0v) is 40.6. The number of benzene rings is 1. The predicted molar refractivity (Wildman–Crippen MR) is 249 cm³/mol. The number of hydrogen-bond acceptors (Lipinski definition) is 12. The normalized spacial score (nSPS) is 27.5. The molecule has 5 atom stereocenters. The van der Waals surface area contributed by atoms with Gasteiger partial charge in [-0.3, -0.25) is 19.1 Å². The van der Waals surface area contributed by atoms with Gasteiger partial charge in [-0.2, -0.15) is 13.2 Å². The number of hydrogen-bond donors (Lipinski definition) is 3. The lowest BCUT2D eigenvalue weighted by molar-refractivity contribution is -0.144. The molecule has 16 nitrogen and oxygen atoms in total. The number of aryl methyl sites for hydroxylation is 1. The minimum Gasteiger partial charge on any atom is -0.493 e. The maximum atomic E-state index is 15.1. The average molecular weight is 987 g/mol. The van der Waals surface area contributed by atoms with E-state index in [2.05, 4.69) is 32.3 Å². The number of sulfonamides is 1. The molecule has 69 heavy (non-hydrogen) atoms. The molecule has 1 aromatic carbocycles. The first-order valence-corrected chi connectivity index (χ1v) is 25.8. The summed E-state index contributed by atoms with van der Waals surface area (Å²) in [6.07, 6.45) is 6.66. The van der Waals surface area contributed by atoms with E-state index < -0.39 is 85.3 Å². The van der Waals surface area contributed by atoms with Gasteiger partial charge >= 0.3 is 12.3 Å². The lowest BCUT2D eigenvalue weighted by Gasteiger charge is -2.42. The molecule has 20 heteroatoms. The van der Waals surface area contributed by atoms with Crippen LogP contribution in [0.15, 0.2) is 42.5 Å².